The molecule has 1 saturated heterocycles. The summed E-state index contributed by atoms with van der Waals surface area (Å²) in [7, 11) is 9.90. The van der Waals surface area contributed by atoms with Gasteiger partial charge in [-0.2, -0.15) is 0 Å². The molecule has 0 spiro atoms. The Morgan fingerprint density at radius 2 is 1.00 bits per heavy atom. The summed E-state index contributed by atoms with van der Waals surface area (Å²) < 4.78 is 4.94. The molecule has 0 unspecified atom stereocenters. The van der Waals surface area contributed by atoms with Gasteiger partial charge < -0.3 is 14.5 Å². The van der Waals surface area contributed by atoms with Gasteiger partial charge in [0.05, 0.1) is 6.67 Å². The van der Waals surface area contributed by atoms with Gasteiger partial charge in [-0.15, -0.1) is 0 Å². The summed E-state index contributed by atoms with van der Waals surface area (Å²) in [5.41, 5.74) is 10.7. The maximum atomic E-state index is 4.95. The quantitative estimate of drug-likeness (QED) is 0.387. The Kier molecular flexibility index (Phi) is 10.9. The molecule has 4 rings (SSSR count). The van der Waals surface area contributed by atoms with Gasteiger partial charge in [0.25, 0.3) is 0 Å². The van der Waals surface area contributed by atoms with E-state index in [9.17, 15) is 0 Å². The molecule has 6 heteroatoms. The summed E-state index contributed by atoms with van der Waals surface area (Å²) in [6.45, 7) is 16.0. The molecular formula is C25H34Cl2N2OZn. The molecule has 166 valence electrons. The van der Waals surface area contributed by atoms with Gasteiger partial charge >= 0.3 is 34.5 Å². The summed E-state index contributed by atoms with van der Waals surface area (Å²) in [6.07, 6.45) is 6.95. The van der Waals surface area contributed by atoms with E-state index < -0.39 is 15.1 Å². The van der Waals surface area contributed by atoms with Crippen LogP contribution in [0.4, 0.5) is 11.4 Å². The first-order valence-electron chi connectivity index (χ1n) is 10.9. The van der Waals surface area contributed by atoms with Crippen molar-refractivity contribution in [1.82, 2.24) is 0 Å². The van der Waals surface area contributed by atoms with Crippen molar-refractivity contribution in [3.63, 3.8) is 0 Å². The van der Waals surface area contributed by atoms with Crippen molar-refractivity contribution >= 4 is 30.8 Å². The van der Waals surface area contributed by atoms with Crippen molar-refractivity contribution in [2.75, 3.05) is 29.7 Å². The average molecular weight is 515 g/mol. The molecule has 0 aliphatic carbocycles. The third-order valence-electron chi connectivity index (χ3n) is 5.40. The fourth-order valence-electron chi connectivity index (χ4n) is 4.47. The molecule has 2 heterocycles. The van der Waals surface area contributed by atoms with Crippen LogP contribution < -0.4 is 9.80 Å². The van der Waals surface area contributed by atoms with Crippen LogP contribution in [0.2, 0.25) is 0 Å². The van der Waals surface area contributed by atoms with Crippen LogP contribution in [0.5, 0.6) is 0 Å². The molecule has 2 aromatic carbocycles. The Bertz CT molecular complexity index is 778. The van der Waals surface area contributed by atoms with Gasteiger partial charge in [-0.25, -0.2) is 0 Å². The van der Waals surface area contributed by atoms with E-state index in [2.05, 4.69) is 88.0 Å². The Morgan fingerprint density at radius 1 is 0.677 bits per heavy atom. The van der Waals surface area contributed by atoms with Gasteiger partial charge in [0.2, 0.25) is 0 Å². The standard InChI is InChI=1S/C21H26N2.C4H8O.2ClH.Zn/c1-14-9-16(3)20(17(4)10-14)22-7-8-23(13-22)21-18(5)11-15(2)12-19(21)6;1-2-4-5-3-1;;;/h7-12H,13H2,1-6H3;1-4H2;2*1H;/q;;;;+2/p-2. The summed E-state index contributed by atoms with van der Waals surface area (Å²) in [4.78, 5) is 4.70. The van der Waals surface area contributed by atoms with E-state index in [0.29, 0.717) is 0 Å². The van der Waals surface area contributed by atoms with Crippen molar-refractivity contribution < 1.29 is 19.9 Å². The molecule has 2 aliphatic heterocycles. The van der Waals surface area contributed by atoms with E-state index in [1.165, 1.54) is 57.6 Å². The zero-order chi connectivity index (χ0) is 23.0. The Balaban J connectivity index is 0.000000361. The number of ether oxygens (including phenoxy) is 1. The first-order valence-corrected chi connectivity index (χ1v) is 18.6. The van der Waals surface area contributed by atoms with Crippen molar-refractivity contribution in [3.05, 3.63) is 70.0 Å². The van der Waals surface area contributed by atoms with Crippen LogP contribution >= 0.6 is 19.4 Å². The van der Waals surface area contributed by atoms with Crippen LogP contribution in [0.1, 0.15) is 46.2 Å². The predicted molar refractivity (Wildman–Crippen MR) is 132 cm³/mol. The first kappa shape index (κ1) is 26.2. The number of hydrogen-bond acceptors (Lipinski definition) is 3. The van der Waals surface area contributed by atoms with E-state index >= 15 is 0 Å². The number of benzene rings is 2. The second-order valence-corrected chi connectivity index (χ2v) is 12.9. The molecule has 2 aliphatic rings. The summed E-state index contributed by atoms with van der Waals surface area (Å²) >= 11 is -0.931. The summed E-state index contributed by atoms with van der Waals surface area (Å²) in [6, 6.07) is 9.06. The predicted octanol–water partition coefficient (Wildman–Crippen LogP) is 7.47. The van der Waals surface area contributed by atoms with Crippen molar-refractivity contribution in [2.45, 2.75) is 54.4 Å². The third kappa shape index (κ3) is 7.50. The van der Waals surface area contributed by atoms with Gasteiger partial charge in [-0.3, -0.25) is 0 Å². The number of halogens is 2. The Hall–Kier alpha value is -1.06. The Labute approximate surface area is 204 Å². The molecule has 0 N–H and O–H groups in total. The summed E-state index contributed by atoms with van der Waals surface area (Å²) in [5, 5.41) is 0. The first-order chi connectivity index (χ1) is 14.8. The van der Waals surface area contributed by atoms with Gasteiger partial charge in [-0.1, -0.05) is 35.4 Å². The van der Waals surface area contributed by atoms with Crippen LogP contribution in [0.25, 0.3) is 0 Å². The van der Waals surface area contributed by atoms with Crippen LogP contribution in [-0.4, -0.2) is 19.9 Å². The molecule has 0 aromatic heterocycles. The third-order valence-corrected chi connectivity index (χ3v) is 5.40. The molecule has 2 aromatic rings. The van der Waals surface area contributed by atoms with Gasteiger partial charge in [0.15, 0.2) is 0 Å². The number of anilines is 2. The van der Waals surface area contributed by atoms with E-state index in [-0.39, 0.29) is 0 Å². The second-order valence-electron chi connectivity index (χ2n) is 8.29. The zero-order valence-electron chi connectivity index (χ0n) is 19.8. The van der Waals surface area contributed by atoms with Crippen LogP contribution in [0, 0.1) is 41.5 Å². The second kappa shape index (κ2) is 12.8. The molecule has 0 bridgehead atoms. The van der Waals surface area contributed by atoms with Gasteiger partial charge in [-0.05, 0) is 76.6 Å². The van der Waals surface area contributed by atoms with E-state index in [1.807, 2.05) is 0 Å². The SMILES string of the molecule is C1CCOC1.Cc1cc(C)c(N2C=CN(c3c(C)cc(C)cc3C)C2)c(C)c1.[Cl][Zn][Cl]. The minimum absolute atomic E-state index is 0.871. The van der Waals surface area contributed by atoms with Crippen molar-refractivity contribution in [3.8, 4) is 0 Å². The molecule has 3 nitrogen and oxygen atoms in total. The fourth-order valence-corrected chi connectivity index (χ4v) is 4.47. The molecule has 31 heavy (non-hydrogen) atoms. The molecule has 0 amide bonds. The minimum atomic E-state index is -0.931. The van der Waals surface area contributed by atoms with Gasteiger partial charge in [0, 0.05) is 37.0 Å². The zero-order valence-corrected chi connectivity index (χ0v) is 24.2. The van der Waals surface area contributed by atoms with Crippen LogP contribution in [-0.2, 0) is 19.9 Å². The van der Waals surface area contributed by atoms with Crippen LogP contribution in [0.3, 0.4) is 0 Å². The molecule has 0 atom stereocenters. The van der Waals surface area contributed by atoms with Gasteiger partial charge in [0.1, 0.15) is 0 Å². The molecular weight excluding hydrogens is 481 g/mol. The number of aryl methyl sites for hydroxylation is 6. The molecule has 0 saturated carbocycles. The average Bonchev–Trinajstić information content (AvgIpc) is 3.36. The summed E-state index contributed by atoms with van der Waals surface area (Å²) in [5.74, 6) is 0. The van der Waals surface area contributed by atoms with Crippen LogP contribution in [0.15, 0.2) is 36.7 Å². The fraction of sp³-hybridized carbons (Fsp3) is 0.440. The topological polar surface area (TPSA) is 15.7 Å². The Morgan fingerprint density at radius 3 is 1.26 bits per heavy atom. The monoisotopic (exact) mass is 512 g/mol. The number of hydrogen-bond donors (Lipinski definition) is 0. The van der Waals surface area contributed by atoms with Crippen molar-refractivity contribution in [1.29, 1.82) is 0 Å². The maximum absolute atomic E-state index is 4.95. The normalized spacial score (nSPS) is 14.6. The molecule has 1 fully saturated rings. The van der Waals surface area contributed by atoms with Crippen molar-refractivity contribution in [2.24, 2.45) is 0 Å². The van der Waals surface area contributed by atoms with E-state index in [1.54, 1.807) is 0 Å². The number of rotatable bonds is 2. The number of nitrogens with zero attached hydrogens (tertiary/aromatic N) is 2. The molecule has 0 radical (unpaired) electrons. The van der Waals surface area contributed by atoms with E-state index in [0.717, 1.165) is 19.9 Å². The van der Waals surface area contributed by atoms with E-state index in [4.69, 9.17) is 24.1 Å².